The molecular formula is C17H16N2S2. The van der Waals surface area contributed by atoms with Crippen molar-refractivity contribution in [2.24, 2.45) is 0 Å². The van der Waals surface area contributed by atoms with Crippen LogP contribution in [0.15, 0.2) is 48.5 Å². The second kappa shape index (κ2) is 5.70. The zero-order valence-electron chi connectivity index (χ0n) is 11.7. The molecule has 2 nitrogen and oxygen atoms in total. The molecule has 2 aromatic carbocycles. The van der Waals surface area contributed by atoms with Crippen molar-refractivity contribution < 1.29 is 0 Å². The molecule has 0 atom stereocenters. The van der Waals surface area contributed by atoms with Crippen molar-refractivity contribution in [2.45, 2.75) is 0 Å². The number of fused-ring (bicyclic) bond motifs is 1. The quantitative estimate of drug-likeness (QED) is 0.692. The van der Waals surface area contributed by atoms with E-state index in [-0.39, 0.29) is 0 Å². The first kappa shape index (κ1) is 13.2. The number of thiazole rings is 1. The van der Waals surface area contributed by atoms with E-state index in [4.69, 9.17) is 4.98 Å². The standard InChI is InChI=1S/C17H16N2S2/c1-2-4-16-15(3-1)18-17(21-16)13-5-7-14(8-6-13)19-9-11-20-12-10-19/h1-8H,9-12H2. The van der Waals surface area contributed by atoms with Crippen LogP contribution in [-0.4, -0.2) is 29.6 Å². The third kappa shape index (κ3) is 2.65. The fraction of sp³-hybridized carbons (Fsp3) is 0.235. The average molecular weight is 312 g/mol. The van der Waals surface area contributed by atoms with Crippen LogP contribution in [0.25, 0.3) is 20.8 Å². The van der Waals surface area contributed by atoms with Gasteiger partial charge in [-0.2, -0.15) is 11.8 Å². The number of anilines is 1. The molecule has 0 spiro atoms. The molecule has 0 N–H and O–H groups in total. The van der Waals surface area contributed by atoms with Gasteiger partial charge in [0.05, 0.1) is 10.2 Å². The summed E-state index contributed by atoms with van der Waals surface area (Å²) in [5.41, 5.74) is 3.64. The topological polar surface area (TPSA) is 16.1 Å². The number of benzene rings is 2. The molecule has 0 amide bonds. The van der Waals surface area contributed by atoms with E-state index in [9.17, 15) is 0 Å². The molecule has 0 unspecified atom stereocenters. The molecule has 0 bridgehead atoms. The van der Waals surface area contributed by atoms with Crippen molar-refractivity contribution in [2.75, 3.05) is 29.5 Å². The third-order valence-electron chi connectivity index (χ3n) is 3.78. The summed E-state index contributed by atoms with van der Waals surface area (Å²) in [7, 11) is 0. The van der Waals surface area contributed by atoms with E-state index in [1.807, 2.05) is 17.8 Å². The highest BCUT2D eigenvalue weighted by atomic mass is 32.2. The number of aromatic nitrogens is 1. The summed E-state index contributed by atoms with van der Waals surface area (Å²) in [6, 6.07) is 17.2. The van der Waals surface area contributed by atoms with E-state index in [0.29, 0.717) is 0 Å². The van der Waals surface area contributed by atoms with Crippen LogP contribution in [0.3, 0.4) is 0 Å². The van der Waals surface area contributed by atoms with Crippen LogP contribution in [0.2, 0.25) is 0 Å². The minimum atomic E-state index is 1.09. The van der Waals surface area contributed by atoms with Gasteiger partial charge in [0.15, 0.2) is 0 Å². The lowest BCUT2D eigenvalue weighted by Gasteiger charge is -2.28. The number of rotatable bonds is 2. The zero-order chi connectivity index (χ0) is 14.1. The summed E-state index contributed by atoms with van der Waals surface area (Å²) < 4.78 is 1.25. The van der Waals surface area contributed by atoms with Crippen LogP contribution in [0.5, 0.6) is 0 Å². The average Bonchev–Trinajstić information content (AvgIpc) is 3.00. The third-order valence-corrected chi connectivity index (χ3v) is 5.81. The van der Waals surface area contributed by atoms with Gasteiger partial charge in [0.1, 0.15) is 5.01 Å². The van der Waals surface area contributed by atoms with E-state index in [1.54, 1.807) is 11.3 Å². The van der Waals surface area contributed by atoms with Crippen LogP contribution < -0.4 is 4.90 Å². The van der Waals surface area contributed by atoms with Gasteiger partial charge in [-0.3, -0.25) is 0 Å². The van der Waals surface area contributed by atoms with Gasteiger partial charge in [-0.1, -0.05) is 12.1 Å². The highest BCUT2D eigenvalue weighted by Crippen LogP contribution is 2.31. The molecule has 1 aliphatic heterocycles. The Hall–Kier alpha value is -1.52. The number of hydrogen-bond donors (Lipinski definition) is 0. The lowest BCUT2D eigenvalue weighted by molar-refractivity contribution is 0.859. The molecule has 0 radical (unpaired) electrons. The number of thioether (sulfide) groups is 1. The van der Waals surface area contributed by atoms with Gasteiger partial charge in [-0.05, 0) is 36.4 Å². The van der Waals surface area contributed by atoms with Gasteiger partial charge in [0.2, 0.25) is 0 Å². The summed E-state index contributed by atoms with van der Waals surface area (Å²) in [6.45, 7) is 2.32. The summed E-state index contributed by atoms with van der Waals surface area (Å²) in [4.78, 5) is 7.20. The molecule has 3 aromatic rings. The normalized spacial score (nSPS) is 15.5. The van der Waals surface area contributed by atoms with Gasteiger partial charge < -0.3 is 4.90 Å². The highest BCUT2D eigenvalue weighted by molar-refractivity contribution is 7.99. The Morgan fingerprint density at radius 3 is 2.43 bits per heavy atom. The molecule has 1 fully saturated rings. The van der Waals surface area contributed by atoms with Crippen LogP contribution in [0.4, 0.5) is 5.69 Å². The summed E-state index contributed by atoms with van der Waals surface area (Å²) in [6.07, 6.45) is 0. The maximum atomic E-state index is 4.73. The van der Waals surface area contributed by atoms with E-state index < -0.39 is 0 Å². The molecule has 4 rings (SSSR count). The first-order chi connectivity index (χ1) is 10.4. The van der Waals surface area contributed by atoms with Gasteiger partial charge >= 0.3 is 0 Å². The molecular weight excluding hydrogens is 296 g/mol. The molecule has 1 saturated heterocycles. The van der Waals surface area contributed by atoms with Crippen molar-refractivity contribution in [3.63, 3.8) is 0 Å². The van der Waals surface area contributed by atoms with Crippen molar-refractivity contribution in [1.82, 2.24) is 4.98 Å². The molecule has 106 valence electrons. The number of hydrogen-bond acceptors (Lipinski definition) is 4. The van der Waals surface area contributed by atoms with Gasteiger partial charge in [-0.15, -0.1) is 11.3 Å². The van der Waals surface area contributed by atoms with Crippen molar-refractivity contribution in [1.29, 1.82) is 0 Å². The Balaban J connectivity index is 1.63. The maximum absolute atomic E-state index is 4.73. The second-order valence-corrected chi connectivity index (χ2v) is 7.39. The van der Waals surface area contributed by atoms with E-state index in [2.05, 4.69) is 47.4 Å². The van der Waals surface area contributed by atoms with Gasteiger partial charge in [0, 0.05) is 35.8 Å². The Morgan fingerprint density at radius 1 is 0.905 bits per heavy atom. The summed E-state index contributed by atoms with van der Waals surface area (Å²) in [5.74, 6) is 2.47. The Bertz CT molecular complexity index is 710. The SMILES string of the molecule is c1ccc2sc(-c3ccc(N4CCSCC4)cc3)nc2c1. The predicted octanol–water partition coefficient (Wildman–Crippen LogP) is 4.52. The monoisotopic (exact) mass is 312 g/mol. The van der Waals surface area contributed by atoms with Gasteiger partial charge in [0.25, 0.3) is 0 Å². The molecule has 0 aliphatic carbocycles. The second-order valence-electron chi connectivity index (χ2n) is 5.13. The fourth-order valence-electron chi connectivity index (χ4n) is 2.63. The van der Waals surface area contributed by atoms with Crippen LogP contribution in [0.1, 0.15) is 0 Å². The smallest absolute Gasteiger partial charge is 0.124 e. The first-order valence-electron chi connectivity index (χ1n) is 7.19. The molecule has 2 heterocycles. The fourth-order valence-corrected chi connectivity index (χ4v) is 4.51. The van der Waals surface area contributed by atoms with Gasteiger partial charge in [-0.25, -0.2) is 4.98 Å². The van der Waals surface area contributed by atoms with E-state index in [0.717, 1.165) is 23.6 Å². The Kier molecular flexibility index (Phi) is 3.57. The highest BCUT2D eigenvalue weighted by Gasteiger charge is 2.11. The Labute approximate surface area is 132 Å². The van der Waals surface area contributed by atoms with Crippen LogP contribution in [0, 0.1) is 0 Å². The lowest BCUT2D eigenvalue weighted by atomic mass is 10.2. The minimum Gasteiger partial charge on any atom is -0.370 e. The van der Waals surface area contributed by atoms with Crippen LogP contribution in [-0.2, 0) is 0 Å². The van der Waals surface area contributed by atoms with Crippen molar-refractivity contribution >= 4 is 39.0 Å². The molecule has 1 aromatic heterocycles. The molecule has 1 aliphatic rings. The number of nitrogens with zero attached hydrogens (tertiary/aromatic N) is 2. The molecule has 4 heteroatoms. The van der Waals surface area contributed by atoms with Crippen molar-refractivity contribution in [3.05, 3.63) is 48.5 Å². The van der Waals surface area contributed by atoms with Crippen LogP contribution >= 0.6 is 23.1 Å². The zero-order valence-corrected chi connectivity index (χ0v) is 13.3. The lowest BCUT2D eigenvalue weighted by Crippen LogP contribution is -2.32. The minimum absolute atomic E-state index is 1.09. The maximum Gasteiger partial charge on any atom is 0.124 e. The molecule has 21 heavy (non-hydrogen) atoms. The van der Waals surface area contributed by atoms with E-state index >= 15 is 0 Å². The summed E-state index contributed by atoms with van der Waals surface area (Å²) >= 11 is 3.81. The Morgan fingerprint density at radius 2 is 1.67 bits per heavy atom. The summed E-state index contributed by atoms with van der Waals surface area (Å²) in [5, 5.41) is 1.11. The first-order valence-corrected chi connectivity index (χ1v) is 9.16. The van der Waals surface area contributed by atoms with E-state index in [1.165, 1.54) is 27.5 Å². The number of para-hydroxylation sites is 1. The predicted molar refractivity (Wildman–Crippen MR) is 94.6 cm³/mol. The van der Waals surface area contributed by atoms with Crippen molar-refractivity contribution in [3.8, 4) is 10.6 Å². The largest absolute Gasteiger partial charge is 0.370 e. The molecule has 0 saturated carbocycles.